The van der Waals surface area contributed by atoms with Gasteiger partial charge in [0.05, 0.1) is 7.11 Å². The number of aromatic nitrogens is 3. The molecule has 0 aromatic carbocycles. The van der Waals surface area contributed by atoms with E-state index in [4.69, 9.17) is 19.1 Å². The highest BCUT2D eigenvalue weighted by atomic mass is 16.5. The number of nitrogens with zero attached hydrogens (tertiary/aromatic N) is 4. The van der Waals surface area contributed by atoms with Gasteiger partial charge in [-0.2, -0.15) is 0 Å². The molecular weight excluding hydrogens is 540 g/mol. The first-order valence-corrected chi connectivity index (χ1v) is 16.2. The summed E-state index contributed by atoms with van der Waals surface area (Å²) in [7, 11) is 3.35. The van der Waals surface area contributed by atoms with Gasteiger partial charge in [-0.15, -0.1) is 0 Å². The zero-order valence-corrected chi connectivity index (χ0v) is 26.4. The highest BCUT2D eigenvalue weighted by Gasteiger charge is 2.32. The summed E-state index contributed by atoms with van der Waals surface area (Å²) in [5.74, 6) is 4.06. The lowest BCUT2D eigenvalue weighted by molar-refractivity contribution is -0.123. The molecule has 0 radical (unpaired) electrons. The molecule has 43 heavy (non-hydrogen) atoms. The Morgan fingerprint density at radius 3 is 2.35 bits per heavy atom. The topological polar surface area (TPSA) is 90.6 Å². The van der Waals surface area contributed by atoms with Crippen molar-refractivity contribution in [3.63, 3.8) is 0 Å². The van der Waals surface area contributed by atoms with E-state index in [0.717, 1.165) is 106 Å². The molecule has 0 saturated heterocycles. The maximum absolute atomic E-state index is 13.9. The van der Waals surface area contributed by atoms with E-state index in [2.05, 4.69) is 22.7 Å². The third-order valence-electron chi connectivity index (χ3n) is 9.28. The molecule has 0 N–H and O–H groups in total. The largest absolute Gasteiger partial charge is 0.481 e. The van der Waals surface area contributed by atoms with E-state index >= 15 is 0 Å². The molecule has 3 aliphatic rings. The first-order chi connectivity index (χ1) is 21.0. The molecule has 3 saturated carbocycles. The van der Waals surface area contributed by atoms with Gasteiger partial charge in [0.2, 0.25) is 11.8 Å². The maximum Gasteiger partial charge on any atom is 0.231 e. The van der Waals surface area contributed by atoms with Gasteiger partial charge in [0.1, 0.15) is 17.8 Å². The van der Waals surface area contributed by atoms with Crippen molar-refractivity contribution < 1.29 is 18.7 Å². The van der Waals surface area contributed by atoms with Crippen molar-refractivity contribution in [2.75, 3.05) is 32.3 Å². The van der Waals surface area contributed by atoms with Gasteiger partial charge in [0, 0.05) is 55.6 Å². The SMILES string of the molecule is CCOC.COc1ncc(C2CCC(CN(C(=O)C3CCCCC3)c3cc(-c4coc(C5CC5)n4)ccn3)CC2)cc1C. The summed E-state index contributed by atoms with van der Waals surface area (Å²) >= 11 is 0. The van der Waals surface area contributed by atoms with Crippen LogP contribution >= 0.6 is 0 Å². The number of anilines is 1. The first-order valence-electron chi connectivity index (χ1n) is 16.2. The Bertz CT molecular complexity index is 1320. The number of aryl methyl sites for hydroxylation is 1. The van der Waals surface area contributed by atoms with E-state index in [1.165, 1.54) is 12.0 Å². The highest BCUT2D eigenvalue weighted by molar-refractivity contribution is 5.94. The summed E-state index contributed by atoms with van der Waals surface area (Å²) in [5, 5.41) is 0. The van der Waals surface area contributed by atoms with Crippen molar-refractivity contribution in [2.45, 2.75) is 96.3 Å². The average Bonchev–Trinajstić information content (AvgIpc) is 3.80. The van der Waals surface area contributed by atoms with Crippen LogP contribution in [0, 0.1) is 18.8 Å². The molecule has 3 aromatic rings. The van der Waals surface area contributed by atoms with Crippen molar-refractivity contribution in [3.05, 3.63) is 53.9 Å². The number of ether oxygens (including phenoxy) is 2. The molecule has 1 amide bonds. The summed E-state index contributed by atoms with van der Waals surface area (Å²) in [6.07, 6.45) is 17.7. The molecule has 3 fully saturated rings. The Kier molecular flexibility index (Phi) is 10.8. The number of hydrogen-bond acceptors (Lipinski definition) is 7. The van der Waals surface area contributed by atoms with Gasteiger partial charge in [-0.05, 0) is 101 Å². The monoisotopic (exact) mass is 588 g/mol. The van der Waals surface area contributed by atoms with Crippen LogP contribution in [0.3, 0.4) is 0 Å². The fourth-order valence-corrected chi connectivity index (χ4v) is 6.49. The van der Waals surface area contributed by atoms with Crippen molar-refractivity contribution in [1.29, 1.82) is 0 Å². The lowest BCUT2D eigenvalue weighted by Crippen LogP contribution is -2.41. The fourth-order valence-electron chi connectivity index (χ4n) is 6.49. The minimum Gasteiger partial charge on any atom is -0.481 e. The van der Waals surface area contributed by atoms with Crippen LogP contribution < -0.4 is 9.64 Å². The summed E-state index contributed by atoms with van der Waals surface area (Å²) in [6, 6.07) is 6.23. The third kappa shape index (κ3) is 8.02. The Hall–Kier alpha value is -3.26. The fraction of sp³-hybridized carbons (Fsp3) is 0.600. The zero-order chi connectivity index (χ0) is 30.2. The molecule has 0 aliphatic heterocycles. The van der Waals surface area contributed by atoms with Gasteiger partial charge in [-0.25, -0.2) is 15.0 Å². The van der Waals surface area contributed by atoms with Gasteiger partial charge in [0.15, 0.2) is 5.89 Å². The molecule has 0 unspecified atom stereocenters. The summed E-state index contributed by atoms with van der Waals surface area (Å²) in [6.45, 7) is 5.56. The Balaban J connectivity index is 0.000000868. The van der Waals surface area contributed by atoms with Crippen molar-refractivity contribution in [3.8, 4) is 17.1 Å². The van der Waals surface area contributed by atoms with Crippen LogP contribution in [-0.2, 0) is 9.53 Å². The number of carbonyl (C=O) groups excluding carboxylic acids is 1. The van der Waals surface area contributed by atoms with E-state index in [-0.39, 0.29) is 11.8 Å². The minimum absolute atomic E-state index is 0.0995. The Labute approximate surface area is 256 Å². The molecular formula is C35H48N4O4. The zero-order valence-electron chi connectivity index (χ0n) is 26.4. The van der Waals surface area contributed by atoms with Crippen LogP contribution in [0.4, 0.5) is 5.82 Å². The molecule has 0 spiro atoms. The number of carbonyl (C=O) groups is 1. The Morgan fingerprint density at radius 2 is 1.70 bits per heavy atom. The smallest absolute Gasteiger partial charge is 0.231 e. The van der Waals surface area contributed by atoms with Crippen molar-refractivity contribution in [1.82, 2.24) is 15.0 Å². The van der Waals surface area contributed by atoms with Gasteiger partial charge in [-0.3, -0.25) is 9.69 Å². The lowest BCUT2D eigenvalue weighted by atomic mass is 9.78. The molecule has 3 aromatic heterocycles. The van der Waals surface area contributed by atoms with Gasteiger partial charge >= 0.3 is 0 Å². The number of methoxy groups -OCH3 is 2. The van der Waals surface area contributed by atoms with Crippen LogP contribution in [0.15, 0.2) is 41.3 Å². The van der Waals surface area contributed by atoms with E-state index in [0.29, 0.717) is 23.6 Å². The van der Waals surface area contributed by atoms with E-state index in [1.54, 1.807) is 20.5 Å². The molecule has 3 aliphatic carbocycles. The predicted octanol–water partition coefficient (Wildman–Crippen LogP) is 7.87. The van der Waals surface area contributed by atoms with Crippen LogP contribution in [0.25, 0.3) is 11.3 Å². The second-order valence-electron chi connectivity index (χ2n) is 12.4. The second kappa shape index (κ2) is 15.0. The van der Waals surface area contributed by atoms with Crippen molar-refractivity contribution in [2.24, 2.45) is 11.8 Å². The molecule has 0 atom stereocenters. The van der Waals surface area contributed by atoms with Crippen LogP contribution in [0.2, 0.25) is 0 Å². The first kappa shape index (κ1) is 31.2. The van der Waals surface area contributed by atoms with Crippen LogP contribution in [0.1, 0.15) is 106 Å². The second-order valence-corrected chi connectivity index (χ2v) is 12.4. The molecule has 8 nitrogen and oxygen atoms in total. The quantitative estimate of drug-likeness (QED) is 0.251. The third-order valence-corrected chi connectivity index (χ3v) is 9.28. The van der Waals surface area contributed by atoms with Crippen molar-refractivity contribution >= 4 is 11.7 Å². The summed E-state index contributed by atoms with van der Waals surface area (Å²) < 4.78 is 15.6. The summed E-state index contributed by atoms with van der Waals surface area (Å²) in [5.41, 5.74) is 4.18. The molecule has 0 bridgehead atoms. The van der Waals surface area contributed by atoms with E-state index in [9.17, 15) is 4.79 Å². The van der Waals surface area contributed by atoms with Crippen LogP contribution in [0.5, 0.6) is 5.88 Å². The molecule has 3 heterocycles. The van der Waals surface area contributed by atoms with Gasteiger partial charge in [0.25, 0.3) is 0 Å². The Morgan fingerprint density at radius 1 is 0.977 bits per heavy atom. The predicted molar refractivity (Wildman–Crippen MR) is 168 cm³/mol. The normalized spacial score (nSPS) is 20.7. The average molecular weight is 589 g/mol. The molecule has 232 valence electrons. The van der Waals surface area contributed by atoms with E-state index < -0.39 is 0 Å². The number of amides is 1. The highest BCUT2D eigenvalue weighted by Crippen LogP contribution is 2.41. The number of rotatable bonds is 9. The van der Waals surface area contributed by atoms with Gasteiger partial charge in [-0.1, -0.05) is 19.3 Å². The van der Waals surface area contributed by atoms with E-state index in [1.807, 2.05) is 36.4 Å². The maximum atomic E-state index is 13.9. The van der Waals surface area contributed by atoms with Gasteiger partial charge < -0.3 is 13.9 Å². The molecule has 8 heteroatoms. The lowest BCUT2D eigenvalue weighted by Gasteiger charge is -2.35. The number of pyridine rings is 2. The standard InChI is InChI=1S/C32H40N4O3.C3H8O/c1-21-16-27(18-34-30(21)38-2)23-10-8-22(9-11-23)19-36(32(37)25-6-4-3-5-7-25)29-17-26(14-15-33-29)28-20-39-31(35-28)24-12-13-24;1-3-4-2/h14-18,20,22-25H,3-13,19H2,1-2H3;3H2,1-2H3. The molecule has 6 rings (SSSR count). The number of hydrogen-bond donors (Lipinski definition) is 0. The summed E-state index contributed by atoms with van der Waals surface area (Å²) in [4.78, 5) is 29.9. The minimum atomic E-state index is 0.0995. The van der Waals surface area contributed by atoms with Crippen LogP contribution in [-0.4, -0.2) is 48.2 Å². The number of oxazole rings is 1.